The zero-order valence-electron chi connectivity index (χ0n) is 11.1. The van der Waals surface area contributed by atoms with Crippen LogP contribution in [-0.2, 0) is 0 Å². The number of allylic oxidation sites excluding steroid dienone is 7. The fraction of sp³-hybridized carbons (Fsp3) is 0.375. The lowest BCUT2D eigenvalue weighted by Crippen LogP contribution is -2.02. The average molecular weight is 248 g/mol. The topological polar surface area (TPSA) is 0 Å². The third-order valence-electron chi connectivity index (χ3n) is 2.73. The molecule has 0 saturated heterocycles. The molecule has 0 fully saturated rings. The molecule has 0 aromatic heterocycles. The Bertz CT molecular complexity index is 331. The van der Waals surface area contributed by atoms with Crippen LogP contribution < -0.4 is 0 Å². The first-order chi connectivity index (χ1) is 8.06. The smallest absolute Gasteiger partial charge is 0.0156 e. The fourth-order valence-electron chi connectivity index (χ4n) is 1.91. The Morgan fingerprint density at radius 2 is 1.94 bits per heavy atom. The molecule has 0 aromatic carbocycles. The van der Waals surface area contributed by atoms with Gasteiger partial charge in [0.25, 0.3) is 0 Å². The summed E-state index contributed by atoms with van der Waals surface area (Å²) < 4.78 is 0. The molecule has 0 radical (unpaired) electrons. The second-order valence-electron chi connectivity index (χ2n) is 4.16. The molecule has 0 saturated carbocycles. The summed E-state index contributed by atoms with van der Waals surface area (Å²) in [7, 11) is 0. The highest BCUT2D eigenvalue weighted by Crippen LogP contribution is 2.27. The van der Waals surface area contributed by atoms with Crippen molar-refractivity contribution in [1.82, 2.24) is 0 Å². The van der Waals surface area contributed by atoms with Crippen LogP contribution in [0.2, 0.25) is 0 Å². The summed E-state index contributed by atoms with van der Waals surface area (Å²) in [5.41, 5.74) is 2.70. The van der Waals surface area contributed by atoms with Gasteiger partial charge in [-0.05, 0) is 48.2 Å². The molecule has 0 spiro atoms. The van der Waals surface area contributed by atoms with E-state index in [-0.39, 0.29) is 0 Å². The number of hydrogen-bond donors (Lipinski definition) is 1. The van der Waals surface area contributed by atoms with Crippen molar-refractivity contribution in [2.45, 2.75) is 33.1 Å². The molecule has 0 aromatic rings. The van der Waals surface area contributed by atoms with Crippen LogP contribution in [0.4, 0.5) is 0 Å². The van der Waals surface area contributed by atoms with Crippen molar-refractivity contribution in [1.29, 1.82) is 0 Å². The summed E-state index contributed by atoms with van der Waals surface area (Å²) in [4.78, 5) is 0.923. The minimum atomic E-state index is 0.497. The number of rotatable bonds is 8. The summed E-state index contributed by atoms with van der Waals surface area (Å²) in [6.45, 7) is 15.7. The molecule has 0 nitrogen and oxygen atoms in total. The normalized spacial score (nSPS) is 14.3. The maximum Gasteiger partial charge on any atom is -0.0156 e. The molecule has 17 heavy (non-hydrogen) atoms. The van der Waals surface area contributed by atoms with E-state index in [1.54, 1.807) is 0 Å². The highest BCUT2D eigenvalue weighted by molar-refractivity contribution is 7.84. The lowest BCUT2D eigenvalue weighted by molar-refractivity contribution is 0.691. The van der Waals surface area contributed by atoms with Crippen LogP contribution in [0.1, 0.15) is 33.1 Å². The van der Waals surface area contributed by atoms with Gasteiger partial charge in [-0.3, -0.25) is 0 Å². The van der Waals surface area contributed by atoms with Crippen LogP contribution in [0.5, 0.6) is 0 Å². The van der Waals surface area contributed by atoms with Gasteiger partial charge in [-0.1, -0.05) is 44.4 Å². The van der Waals surface area contributed by atoms with E-state index >= 15 is 0 Å². The molecular formula is C16H24S. The van der Waals surface area contributed by atoms with Gasteiger partial charge in [0.15, 0.2) is 0 Å². The largest absolute Gasteiger partial charge is 0.148 e. The Labute approximate surface area is 112 Å². The van der Waals surface area contributed by atoms with Gasteiger partial charge in [0.1, 0.15) is 0 Å². The number of thiol groups is 1. The zero-order valence-corrected chi connectivity index (χ0v) is 12.0. The minimum Gasteiger partial charge on any atom is -0.148 e. The third kappa shape index (κ3) is 6.38. The van der Waals surface area contributed by atoms with E-state index in [4.69, 9.17) is 0 Å². The lowest BCUT2D eigenvalue weighted by Gasteiger charge is -2.17. The van der Waals surface area contributed by atoms with Gasteiger partial charge in [0, 0.05) is 0 Å². The van der Waals surface area contributed by atoms with Gasteiger partial charge >= 0.3 is 0 Å². The summed E-state index contributed by atoms with van der Waals surface area (Å²) in [6, 6.07) is 0. The summed E-state index contributed by atoms with van der Waals surface area (Å²) in [5.74, 6) is 0.497. The quantitative estimate of drug-likeness (QED) is 0.328. The Hall–Kier alpha value is -0.950. The molecule has 0 aliphatic heterocycles. The Morgan fingerprint density at radius 1 is 1.29 bits per heavy atom. The first-order valence-electron chi connectivity index (χ1n) is 6.02. The van der Waals surface area contributed by atoms with E-state index in [1.165, 1.54) is 11.1 Å². The van der Waals surface area contributed by atoms with E-state index in [0.717, 1.165) is 24.2 Å². The van der Waals surface area contributed by atoms with Gasteiger partial charge in [0.05, 0.1) is 0 Å². The predicted octanol–water partition coefficient (Wildman–Crippen LogP) is 5.48. The van der Waals surface area contributed by atoms with Gasteiger partial charge < -0.3 is 0 Å². The van der Waals surface area contributed by atoms with Crippen molar-refractivity contribution >= 4 is 12.6 Å². The summed E-state index contributed by atoms with van der Waals surface area (Å²) >= 11 is 4.25. The molecular weight excluding hydrogens is 224 g/mol. The summed E-state index contributed by atoms with van der Waals surface area (Å²) in [5, 5.41) is 0. The molecule has 1 atom stereocenters. The van der Waals surface area contributed by atoms with Crippen LogP contribution in [0, 0.1) is 5.92 Å². The highest BCUT2D eigenvalue weighted by atomic mass is 32.1. The van der Waals surface area contributed by atoms with E-state index in [2.05, 4.69) is 58.4 Å². The number of hydrogen-bond acceptors (Lipinski definition) is 1. The van der Waals surface area contributed by atoms with Crippen LogP contribution in [-0.4, -0.2) is 0 Å². The molecule has 0 amide bonds. The maximum absolute atomic E-state index is 4.25. The van der Waals surface area contributed by atoms with Crippen molar-refractivity contribution in [2.75, 3.05) is 0 Å². The Balaban J connectivity index is 4.88. The molecule has 94 valence electrons. The van der Waals surface area contributed by atoms with E-state index in [9.17, 15) is 0 Å². The molecule has 0 aliphatic rings. The van der Waals surface area contributed by atoms with Crippen molar-refractivity contribution in [2.24, 2.45) is 5.92 Å². The van der Waals surface area contributed by atoms with Crippen LogP contribution in [0.15, 0.2) is 60.1 Å². The average Bonchev–Trinajstić information content (AvgIpc) is 2.27. The van der Waals surface area contributed by atoms with Crippen molar-refractivity contribution in [3.05, 3.63) is 60.1 Å². The molecule has 0 heterocycles. The molecule has 1 unspecified atom stereocenters. The van der Waals surface area contributed by atoms with Gasteiger partial charge in [-0.25, -0.2) is 0 Å². The van der Waals surface area contributed by atoms with Gasteiger partial charge in [-0.2, -0.15) is 0 Å². The molecule has 0 bridgehead atoms. The highest BCUT2D eigenvalue weighted by Gasteiger charge is 2.11. The molecule has 0 rings (SSSR count). The molecule has 0 N–H and O–H groups in total. The van der Waals surface area contributed by atoms with Crippen LogP contribution in [0.25, 0.3) is 0 Å². The van der Waals surface area contributed by atoms with Crippen LogP contribution in [0.3, 0.4) is 0 Å². The van der Waals surface area contributed by atoms with Crippen LogP contribution >= 0.6 is 12.6 Å². The van der Waals surface area contributed by atoms with Crippen molar-refractivity contribution < 1.29 is 0 Å². The first-order valence-corrected chi connectivity index (χ1v) is 6.47. The zero-order chi connectivity index (χ0) is 13.3. The third-order valence-corrected chi connectivity index (χ3v) is 2.96. The van der Waals surface area contributed by atoms with Gasteiger partial charge in [-0.15, -0.1) is 19.2 Å². The monoisotopic (exact) mass is 248 g/mol. The standard InChI is InChI=1S/C16H24S/c1-6-9-13(4)16(8-3)15(10-7-2)12-11-14(5)17/h6-8,10,13,17H,1-2,5,9,11-12H2,3-4H3/b15-10+,16-8+. The lowest BCUT2D eigenvalue weighted by atomic mass is 9.88. The SMILES string of the molecule is C=C/C=C(CCC(=C)S)/C(=C/C)C(C)CC=C. The van der Waals surface area contributed by atoms with E-state index in [0.29, 0.717) is 5.92 Å². The molecule has 1 heteroatoms. The predicted molar refractivity (Wildman–Crippen MR) is 83.4 cm³/mol. The van der Waals surface area contributed by atoms with Crippen molar-refractivity contribution in [3.8, 4) is 0 Å². The molecule has 0 aliphatic carbocycles. The summed E-state index contributed by atoms with van der Waals surface area (Å²) in [6.07, 6.45) is 11.0. The van der Waals surface area contributed by atoms with Gasteiger partial charge in [0.2, 0.25) is 0 Å². The second kappa shape index (κ2) is 9.12. The van der Waals surface area contributed by atoms with E-state index in [1.807, 2.05) is 12.2 Å². The fourth-order valence-corrected chi connectivity index (χ4v) is 2.02. The second-order valence-corrected chi connectivity index (χ2v) is 4.80. The minimum absolute atomic E-state index is 0.497. The van der Waals surface area contributed by atoms with Crippen molar-refractivity contribution in [3.63, 3.8) is 0 Å². The first kappa shape index (κ1) is 16.1. The van der Waals surface area contributed by atoms with E-state index < -0.39 is 0 Å². The Morgan fingerprint density at radius 3 is 2.35 bits per heavy atom. The maximum atomic E-state index is 4.25. The Kier molecular flexibility index (Phi) is 8.61.